The maximum absolute atomic E-state index is 10.7. The first kappa shape index (κ1) is 11.6. The smallest absolute Gasteiger partial charge is 0.354 e. The summed E-state index contributed by atoms with van der Waals surface area (Å²) in [5.41, 5.74) is -0.0240. The zero-order valence-corrected chi connectivity index (χ0v) is 9.89. The average molecular weight is 272 g/mol. The van der Waals surface area contributed by atoms with E-state index in [9.17, 15) is 4.79 Å². The Morgan fingerprint density at radius 3 is 2.80 bits per heavy atom. The van der Waals surface area contributed by atoms with Gasteiger partial charge < -0.3 is 10.0 Å². The van der Waals surface area contributed by atoms with Gasteiger partial charge in [0, 0.05) is 14.1 Å². The molecule has 1 N–H and O–H groups in total. The maximum Gasteiger partial charge on any atom is 0.354 e. The van der Waals surface area contributed by atoms with Crippen molar-refractivity contribution in [3.05, 3.63) is 22.3 Å². The Bertz CT molecular complexity index is 404. The van der Waals surface area contributed by atoms with Crippen molar-refractivity contribution >= 4 is 34.1 Å². The molecule has 1 aromatic rings. The van der Waals surface area contributed by atoms with E-state index in [2.05, 4.69) is 25.9 Å². The Morgan fingerprint density at radius 1 is 1.60 bits per heavy atom. The first-order valence-corrected chi connectivity index (χ1v) is 4.90. The fraction of sp³-hybridized carbons (Fsp3) is 0.222. The van der Waals surface area contributed by atoms with Crippen LogP contribution >= 0.6 is 15.9 Å². The monoisotopic (exact) mass is 271 g/mol. The van der Waals surface area contributed by atoms with Crippen molar-refractivity contribution in [3.63, 3.8) is 0 Å². The maximum atomic E-state index is 10.7. The number of rotatable bonds is 3. The fourth-order valence-corrected chi connectivity index (χ4v) is 1.13. The van der Waals surface area contributed by atoms with Crippen LogP contribution in [0, 0.1) is 0 Å². The molecule has 0 saturated carbocycles. The molecular formula is C9H10BrN3O2. The number of pyridine rings is 1. The first-order chi connectivity index (χ1) is 7.00. The molecule has 0 unspecified atom stereocenters. The molecule has 0 aliphatic rings. The van der Waals surface area contributed by atoms with Crippen LogP contribution < -0.4 is 0 Å². The first-order valence-electron chi connectivity index (χ1n) is 4.11. The molecule has 0 aromatic carbocycles. The van der Waals surface area contributed by atoms with E-state index in [1.807, 2.05) is 14.1 Å². The lowest BCUT2D eigenvalue weighted by atomic mass is 10.3. The number of carbonyl (C=O) groups is 1. The normalized spacial score (nSPS) is 10.6. The summed E-state index contributed by atoms with van der Waals surface area (Å²) >= 11 is 3.24. The van der Waals surface area contributed by atoms with Gasteiger partial charge in [-0.2, -0.15) is 0 Å². The number of aromatic nitrogens is 1. The van der Waals surface area contributed by atoms with Gasteiger partial charge in [-0.25, -0.2) is 14.8 Å². The van der Waals surface area contributed by atoms with E-state index in [-0.39, 0.29) is 5.69 Å². The summed E-state index contributed by atoms with van der Waals surface area (Å²) in [6.45, 7) is 0. The number of hydrogen-bond donors (Lipinski definition) is 1. The Balaban J connectivity index is 3.05. The number of carboxylic acids is 1. The van der Waals surface area contributed by atoms with Crippen molar-refractivity contribution in [3.8, 4) is 0 Å². The van der Waals surface area contributed by atoms with Gasteiger partial charge in [0.15, 0.2) is 11.5 Å². The fourth-order valence-electron chi connectivity index (χ4n) is 0.811. The minimum atomic E-state index is -1.07. The lowest BCUT2D eigenvalue weighted by Crippen LogP contribution is -2.07. The molecule has 0 aliphatic carbocycles. The number of halogens is 1. The largest absolute Gasteiger partial charge is 0.477 e. The highest BCUT2D eigenvalue weighted by atomic mass is 79.9. The summed E-state index contributed by atoms with van der Waals surface area (Å²) in [6, 6.07) is 3.03. The summed E-state index contributed by atoms with van der Waals surface area (Å²) in [5, 5.41) is 8.74. The van der Waals surface area contributed by atoms with Gasteiger partial charge in [0.1, 0.15) is 0 Å². The topological polar surface area (TPSA) is 65.8 Å². The second-order valence-corrected chi connectivity index (χ2v) is 3.87. The minimum Gasteiger partial charge on any atom is -0.477 e. The standard InChI is InChI=1S/C9H10BrN3O2/c1-13(2)5-11-8-6(10)3-4-7(12-8)9(14)15/h3-5H,1-2H3,(H,14,15)/b11-5+. The van der Waals surface area contributed by atoms with Crippen LogP contribution in [0.3, 0.4) is 0 Å². The molecule has 80 valence electrons. The van der Waals surface area contributed by atoms with Gasteiger partial charge in [-0.1, -0.05) is 0 Å². The highest BCUT2D eigenvalue weighted by molar-refractivity contribution is 9.10. The van der Waals surface area contributed by atoms with Crippen molar-refractivity contribution in [2.45, 2.75) is 0 Å². The molecule has 1 aromatic heterocycles. The Labute approximate surface area is 95.6 Å². The third-order valence-corrected chi connectivity index (χ3v) is 2.08. The van der Waals surface area contributed by atoms with Crippen molar-refractivity contribution in [1.29, 1.82) is 0 Å². The summed E-state index contributed by atoms with van der Waals surface area (Å²) in [5.74, 6) is -0.715. The summed E-state index contributed by atoms with van der Waals surface area (Å²) < 4.78 is 0.658. The van der Waals surface area contributed by atoms with Gasteiger partial charge in [-0.05, 0) is 28.1 Å². The molecule has 1 heterocycles. The van der Waals surface area contributed by atoms with Crippen molar-refractivity contribution in [2.75, 3.05) is 14.1 Å². The SMILES string of the molecule is CN(C)/C=N/c1nc(C(=O)O)ccc1Br. The van der Waals surface area contributed by atoms with Crippen LogP contribution in [0.4, 0.5) is 5.82 Å². The van der Waals surface area contributed by atoms with Crippen LogP contribution in [-0.2, 0) is 0 Å². The quantitative estimate of drug-likeness (QED) is 0.672. The Hall–Kier alpha value is -1.43. The molecule has 0 atom stereocenters. The summed E-state index contributed by atoms with van der Waals surface area (Å²) in [4.78, 5) is 20.3. The summed E-state index contributed by atoms with van der Waals surface area (Å²) in [7, 11) is 3.64. The van der Waals surface area contributed by atoms with Crippen LogP contribution in [0.15, 0.2) is 21.6 Å². The zero-order valence-electron chi connectivity index (χ0n) is 8.31. The molecule has 0 saturated heterocycles. The minimum absolute atomic E-state index is 0.0240. The van der Waals surface area contributed by atoms with Crippen molar-refractivity contribution < 1.29 is 9.90 Å². The van der Waals surface area contributed by atoms with Crippen LogP contribution in [0.1, 0.15) is 10.5 Å². The molecule has 5 nitrogen and oxygen atoms in total. The van der Waals surface area contributed by atoms with Gasteiger partial charge in [0.05, 0.1) is 10.8 Å². The van der Waals surface area contributed by atoms with E-state index in [1.165, 1.54) is 6.07 Å². The van der Waals surface area contributed by atoms with Crippen molar-refractivity contribution in [1.82, 2.24) is 9.88 Å². The molecule has 0 bridgehead atoms. The lowest BCUT2D eigenvalue weighted by Gasteiger charge is -2.03. The second kappa shape index (κ2) is 4.88. The zero-order chi connectivity index (χ0) is 11.4. The molecule has 0 fully saturated rings. The van der Waals surface area contributed by atoms with Crippen LogP contribution in [-0.4, -0.2) is 41.4 Å². The molecule has 0 radical (unpaired) electrons. The molecular weight excluding hydrogens is 262 g/mol. The number of nitrogens with zero attached hydrogens (tertiary/aromatic N) is 3. The van der Waals surface area contributed by atoms with Gasteiger partial charge in [-0.15, -0.1) is 0 Å². The number of hydrogen-bond acceptors (Lipinski definition) is 3. The van der Waals surface area contributed by atoms with E-state index >= 15 is 0 Å². The number of carboxylic acid groups (broad SMARTS) is 1. The van der Waals surface area contributed by atoms with Crippen LogP contribution in [0.5, 0.6) is 0 Å². The predicted octanol–water partition coefficient (Wildman–Crippen LogP) is 1.76. The molecule has 1 rings (SSSR count). The van der Waals surface area contributed by atoms with Gasteiger partial charge in [0.2, 0.25) is 0 Å². The Morgan fingerprint density at radius 2 is 2.27 bits per heavy atom. The highest BCUT2D eigenvalue weighted by Crippen LogP contribution is 2.22. The third kappa shape index (κ3) is 3.32. The van der Waals surface area contributed by atoms with Crippen LogP contribution in [0.2, 0.25) is 0 Å². The van der Waals surface area contributed by atoms with E-state index in [0.717, 1.165) is 0 Å². The van der Waals surface area contributed by atoms with E-state index < -0.39 is 5.97 Å². The molecule has 0 spiro atoms. The molecule has 0 aliphatic heterocycles. The summed E-state index contributed by atoms with van der Waals surface area (Å²) in [6.07, 6.45) is 1.55. The Kier molecular flexibility index (Phi) is 3.79. The third-order valence-electron chi connectivity index (χ3n) is 1.46. The molecule has 0 amide bonds. The van der Waals surface area contributed by atoms with Gasteiger partial charge in [-0.3, -0.25) is 0 Å². The number of aromatic carboxylic acids is 1. The predicted molar refractivity (Wildman–Crippen MR) is 60.7 cm³/mol. The molecule has 6 heteroatoms. The average Bonchev–Trinajstić information content (AvgIpc) is 2.16. The van der Waals surface area contributed by atoms with Crippen molar-refractivity contribution in [2.24, 2.45) is 4.99 Å². The van der Waals surface area contributed by atoms with Crippen LogP contribution in [0.25, 0.3) is 0 Å². The number of aliphatic imine (C=N–C) groups is 1. The second-order valence-electron chi connectivity index (χ2n) is 3.02. The highest BCUT2D eigenvalue weighted by Gasteiger charge is 2.07. The van der Waals surface area contributed by atoms with E-state index in [1.54, 1.807) is 17.3 Å². The van der Waals surface area contributed by atoms with E-state index in [4.69, 9.17) is 5.11 Å². The van der Waals surface area contributed by atoms with Gasteiger partial charge in [0.25, 0.3) is 0 Å². The lowest BCUT2D eigenvalue weighted by molar-refractivity contribution is 0.0690. The van der Waals surface area contributed by atoms with E-state index in [0.29, 0.717) is 10.3 Å². The van der Waals surface area contributed by atoms with Gasteiger partial charge >= 0.3 is 5.97 Å². The molecule has 15 heavy (non-hydrogen) atoms.